The van der Waals surface area contributed by atoms with Crippen LogP contribution in [0.3, 0.4) is 0 Å². The standard InChI is InChI=1S/C30H39N5O5S/c1-18(2)26(35-27(36)22(31)13-14-41-3)29(38)33-24(15-19-9-5-4-6-10-19)28(37)34-25(30(39)40)16-20-17-32-23-12-8-7-11-21(20)23/h4-12,17-18,22,24-26,32H,13-16,31H2,1-3H3,(H,33,38)(H,34,37)(H,35,36)(H,39,40). The number of nitrogens with one attached hydrogen (secondary N) is 4. The zero-order valence-corrected chi connectivity index (χ0v) is 24.4. The molecule has 3 amide bonds. The highest BCUT2D eigenvalue weighted by molar-refractivity contribution is 7.98. The van der Waals surface area contributed by atoms with E-state index in [4.69, 9.17) is 5.73 Å². The Morgan fingerprint density at radius 3 is 2.20 bits per heavy atom. The molecule has 0 saturated heterocycles. The van der Waals surface area contributed by atoms with Crippen LogP contribution in [0.25, 0.3) is 10.9 Å². The van der Waals surface area contributed by atoms with Gasteiger partial charge in [-0.05, 0) is 41.5 Å². The Kier molecular flexibility index (Phi) is 11.8. The summed E-state index contributed by atoms with van der Waals surface area (Å²) in [6, 6.07) is 12.6. The second-order valence-electron chi connectivity index (χ2n) is 10.3. The normalized spacial score (nSPS) is 14.2. The van der Waals surface area contributed by atoms with Crippen molar-refractivity contribution in [2.24, 2.45) is 11.7 Å². The first kappa shape index (κ1) is 31.7. The molecule has 4 atom stereocenters. The molecule has 41 heavy (non-hydrogen) atoms. The maximum absolute atomic E-state index is 13.5. The predicted octanol–water partition coefficient (Wildman–Crippen LogP) is 2.23. The topological polar surface area (TPSA) is 166 Å². The number of benzene rings is 2. The molecule has 1 aromatic heterocycles. The van der Waals surface area contributed by atoms with Crippen LogP contribution in [0.2, 0.25) is 0 Å². The third-order valence-electron chi connectivity index (χ3n) is 6.85. The van der Waals surface area contributed by atoms with Gasteiger partial charge in [0.25, 0.3) is 0 Å². The lowest BCUT2D eigenvalue weighted by molar-refractivity contribution is -0.142. The molecule has 11 heteroatoms. The summed E-state index contributed by atoms with van der Waals surface area (Å²) < 4.78 is 0. The van der Waals surface area contributed by atoms with Crippen LogP contribution in [0.5, 0.6) is 0 Å². The van der Waals surface area contributed by atoms with Gasteiger partial charge in [-0.15, -0.1) is 0 Å². The smallest absolute Gasteiger partial charge is 0.326 e. The average Bonchev–Trinajstić information content (AvgIpc) is 3.36. The SMILES string of the molecule is CSCCC(N)C(=O)NC(C(=O)NC(Cc1ccccc1)C(=O)NC(Cc1c[nH]c2ccccc12)C(=O)O)C(C)C. The van der Waals surface area contributed by atoms with Gasteiger partial charge in [0.1, 0.15) is 18.1 Å². The number of hydrogen-bond acceptors (Lipinski definition) is 6. The second-order valence-corrected chi connectivity index (χ2v) is 11.3. The van der Waals surface area contributed by atoms with E-state index in [1.165, 1.54) is 0 Å². The number of aromatic amines is 1. The monoisotopic (exact) mass is 581 g/mol. The summed E-state index contributed by atoms with van der Waals surface area (Å²) in [7, 11) is 0. The second kappa shape index (κ2) is 15.2. The molecular weight excluding hydrogens is 542 g/mol. The minimum atomic E-state index is -1.23. The molecule has 220 valence electrons. The molecule has 3 rings (SSSR count). The quantitative estimate of drug-likeness (QED) is 0.160. The van der Waals surface area contributed by atoms with Crippen LogP contribution in [0, 0.1) is 5.92 Å². The van der Waals surface area contributed by atoms with Gasteiger partial charge in [0.15, 0.2) is 0 Å². The van der Waals surface area contributed by atoms with Crippen LogP contribution in [-0.4, -0.2) is 70.0 Å². The van der Waals surface area contributed by atoms with Gasteiger partial charge in [0, 0.05) is 29.9 Å². The van der Waals surface area contributed by atoms with Crippen molar-refractivity contribution >= 4 is 46.4 Å². The fraction of sp³-hybridized carbons (Fsp3) is 0.400. The number of carboxylic acids is 1. The number of amides is 3. The van der Waals surface area contributed by atoms with Gasteiger partial charge < -0.3 is 31.8 Å². The van der Waals surface area contributed by atoms with Crippen molar-refractivity contribution in [2.45, 2.75) is 57.3 Å². The highest BCUT2D eigenvalue weighted by Crippen LogP contribution is 2.19. The van der Waals surface area contributed by atoms with Crippen LogP contribution in [0.4, 0.5) is 0 Å². The van der Waals surface area contributed by atoms with Crippen LogP contribution < -0.4 is 21.7 Å². The molecule has 0 spiro atoms. The average molecular weight is 582 g/mol. The van der Waals surface area contributed by atoms with E-state index in [0.29, 0.717) is 12.2 Å². The first-order valence-corrected chi connectivity index (χ1v) is 15.0. The van der Waals surface area contributed by atoms with E-state index in [1.54, 1.807) is 31.8 Å². The van der Waals surface area contributed by atoms with Crippen LogP contribution >= 0.6 is 11.8 Å². The van der Waals surface area contributed by atoms with E-state index in [1.807, 2.05) is 60.9 Å². The van der Waals surface area contributed by atoms with Crippen molar-refractivity contribution in [3.05, 3.63) is 71.9 Å². The Labute approximate surface area is 244 Å². The number of nitrogens with two attached hydrogens (primary N) is 1. The summed E-state index contributed by atoms with van der Waals surface area (Å²) >= 11 is 1.57. The molecule has 10 nitrogen and oxygen atoms in total. The van der Waals surface area contributed by atoms with Crippen molar-refractivity contribution in [3.8, 4) is 0 Å². The molecule has 3 aromatic rings. The maximum atomic E-state index is 13.5. The number of carboxylic acid groups (broad SMARTS) is 1. The van der Waals surface area contributed by atoms with Crippen LogP contribution in [-0.2, 0) is 32.0 Å². The Balaban J connectivity index is 1.78. The third kappa shape index (κ3) is 9.09. The van der Waals surface area contributed by atoms with E-state index in [9.17, 15) is 24.3 Å². The fourth-order valence-electron chi connectivity index (χ4n) is 4.48. The maximum Gasteiger partial charge on any atom is 0.326 e. The number of carbonyl (C=O) groups excluding carboxylic acids is 3. The number of aliphatic carboxylic acids is 1. The van der Waals surface area contributed by atoms with E-state index < -0.39 is 47.9 Å². The Hall–Kier alpha value is -3.83. The highest BCUT2D eigenvalue weighted by atomic mass is 32.2. The molecule has 0 aliphatic carbocycles. The van der Waals surface area contributed by atoms with Gasteiger partial charge in [-0.2, -0.15) is 11.8 Å². The minimum absolute atomic E-state index is 0.0513. The van der Waals surface area contributed by atoms with Crippen molar-refractivity contribution in [2.75, 3.05) is 12.0 Å². The molecule has 0 radical (unpaired) electrons. The number of carbonyl (C=O) groups is 4. The molecular formula is C30H39N5O5S. The number of H-pyrrole nitrogens is 1. The summed E-state index contributed by atoms with van der Waals surface area (Å²) in [5, 5.41) is 18.9. The lowest BCUT2D eigenvalue weighted by Crippen LogP contribution is -2.59. The van der Waals surface area contributed by atoms with Crippen molar-refractivity contribution in [3.63, 3.8) is 0 Å². The largest absolute Gasteiger partial charge is 0.480 e. The van der Waals surface area contributed by atoms with Crippen molar-refractivity contribution < 1.29 is 24.3 Å². The summed E-state index contributed by atoms with van der Waals surface area (Å²) in [5.74, 6) is -2.41. The van der Waals surface area contributed by atoms with Crippen molar-refractivity contribution in [1.29, 1.82) is 0 Å². The third-order valence-corrected chi connectivity index (χ3v) is 7.49. The van der Waals surface area contributed by atoms with E-state index >= 15 is 0 Å². The lowest BCUT2D eigenvalue weighted by Gasteiger charge is -2.27. The number of thioether (sulfide) groups is 1. The summed E-state index contributed by atoms with van der Waals surface area (Å²) in [5.41, 5.74) is 8.39. The van der Waals surface area contributed by atoms with Gasteiger partial charge in [0.2, 0.25) is 17.7 Å². The van der Waals surface area contributed by atoms with E-state index in [0.717, 1.165) is 22.0 Å². The summed E-state index contributed by atoms with van der Waals surface area (Å²) in [4.78, 5) is 54.9. The first-order valence-electron chi connectivity index (χ1n) is 13.6. The molecule has 0 aliphatic rings. The molecule has 0 aliphatic heterocycles. The fourth-order valence-corrected chi connectivity index (χ4v) is 4.97. The number of hydrogen-bond donors (Lipinski definition) is 6. The zero-order chi connectivity index (χ0) is 29.9. The number of aromatic nitrogens is 1. The predicted molar refractivity (Wildman–Crippen MR) is 161 cm³/mol. The van der Waals surface area contributed by atoms with Gasteiger partial charge in [-0.1, -0.05) is 62.4 Å². The van der Waals surface area contributed by atoms with E-state index in [-0.39, 0.29) is 18.8 Å². The number of rotatable bonds is 15. The molecule has 1 heterocycles. The zero-order valence-electron chi connectivity index (χ0n) is 23.6. The van der Waals surface area contributed by atoms with Gasteiger partial charge in [-0.3, -0.25) is 14.4 Å². The van der Waals surface area contributed by atoms with Gasteiger partial charge in [0.05, 0.1) is 6.04 Å². The molecule has 7 N–H and O–H groups in total. The van der Waals surface area contributed by atoms with Gasteiger partial charge >= 0.3 is 5.97 Å². The molecule has 2 aromatic carbocycles. The minimum Gasteiger partial charge on any atom is -0.480 e. The van der Waals surface area contributed by atoms with Crippen LogP contribution in [0.15, 0.2) is 60.8 Å². The molecule has 0 fully saturated rings. The summed E-state index contributed by atoms with van der Waals surface area (Å²) in [6.45, 7) is 3.57. The number of para-hydroxylation sites is 1. The first-order chi connectivity index (χ1) is 19.6. The molecule has 4 unspecified atom stereocenters. The Morgan fingerprint density at radius 2 is 1.54 bits per heavy atom. The lowest BCUT2D eigenvalue weighted by atomic mass is 9.99. The Bertz CT molecular complexity index is 1330. The van der Waals surface area contributed by atoms with Crippen molar-refractivity contribution in [1.82, 2.24) is 20.9 Å². The molecule has 0 saturated carbocycles. The van der Waals surface area contributed by atoms with Gasteiger partial charge in [-0.25, -0.2) is 4.79 Å². The number of fused-ring (bicyclic) bond motifs is 1. The van der Waals surface area contributed by atoms with E-state index in [2.05, 4.69) is 20.9 Å². The van der Waals surface area contributed by atoms with Crippen LogP contribution in [0.1, 0.15) is 31.4 Å². The molecule has 0 bridgehead atoms. The Morgan fingerprint density at radius 1 is 0.878 bits per heavy atom. The highest BCUT2D eigenvalue weighted by Gasteiger charge is 2.32. The summed E-state index contributed by atoms with van der Waals surface area (Å²) in [6.07, 6.45) is 4.29.